The molecule has 0 bridgehead atoms. The summed E-state index contributed by atoms with van der Waals surface area (Å²) in [5, 5.41) is 0. The fraction of sp³-hybridized carbons (Fsp3) is 0.409. The first-order chi connectivity index (χ1) is 13.7. The predicted molar refractivity (Wildman–Crippen MR) is 109 cm³/mol. The van der Waals surface area contributed by atoms with Gasteiger partial charge in [-0.2, -0.15) is 0 Å². The van der Waals surface area contributed by atoms with Crippen molar-refractivity contribution in [3.63, 3.8) is 0 Å². The minimum atomic E-state index is -0.340. The molecule has 2 aliphatic rings. The van der Waals surface area contributed by atoms with Gasteiger partial charge in [-0.3, -0.25) is 9.78 Å². The minimum Gasteiger partial charge on any atom is -0.372 e. The first-order valence-electron chi connectivity index (χ1n) is 9.88. The van der Waals surface area contributed by atoms with Gasteiger partial charge in [-0.15, -0.1) is 0 Å². The number of hydrogen-bond acceptors (Lipinski definition) is 5. The van der Waals surface area contributed by atoms with Gasteiger partial charge in [0.05, 0.1) is 24.8 Å². The van der Waals surface area contributed by atoms with E-state index >= 15 is 0 Å². The molecule has 1 amide bonds. The Bertz CT molecular complexity index is 802. The zero-order valence-corrected chi connectivity index (χ0v) is 16.0. The lowest BCUT2D eigenvalue weighted by Crippen LogP contribution is -2.47. The van der Waals surface area contributed by atoms with E-state index < -0.39 is 0 Å². The fourth-order valence-electron chi connectivity index (χ4n) is 3.93. The molecule has 1 aromatic carbocycles. The van der Waals surface area contributed by atoms with Gasteiger partial charge < -0.3 is 14.5 Å². The van der Waals surface area contributed by atoms with Crippen LogP contribution in [0.2, 0.25) is 0 Å². The number of anilines is 1. The van der Waals surface area contributed by atoms with E-state index in [9.17, 15) is 4.79 Å². The third-order valence-corrected chi connectivity index (χ3v) is 5.58. The van der Waals surface area contributed by atoms with Crippen molar-refractivity contribution in [2.24, 2.45) is 0 Å². The molecule has 0 aliphatic carbocycles. The van der Waals surface area contributed by atoms with E-state index in [4.69, 9.17) is 4.74 Å². The second-order valence-electron chi connectivity index (χ2n) is 7.41. The van der Waals surface area contributed by atoms with Gasteiger partial charge in [0.25, 0.3) is 0 Å². The topological polar surface area (TPSA) is 58.6 Å². The second-order valence-corrected chi connectivity index (χ2v) is 7.41. The van der Waals surface area contributed by atoms with E-state index in [1.54, 1.807) is 18.6 Å². The van der Waals surface area contributed by atoms with Crippen LogP contribution >= 0.6 is 0 Å². The van der Waals surface area contributed by atoms with Gasteiger partial charge in [-0.1, -0.05) is 42.5 Å². The number of piperidine rings is 1. The molecular formula is C22H26N4O2. The highest BCUT2D eigenvalue weighted by molar-refractivity contribution is 5.78. The average Bonchev–Trinajstić information content (AvgIpc) is 2.89. The van der Waals surface area contributed by atoms with Gasteiger partial charge >= 0.3 is 0 Å². The van der Waals surface area contributed by atoms with E-state index in [1.165, 1.54) is 0 Å². The molecule has 0 radical (unpaired) electrons. The van der Waals surface area contributed by atoms with Crippen LogP contribution < -0.4 is 4.90 Å². The number of hydrogen-bond donors (Lipinski definition) is 0. The molecule has 6 heteroatoms. The molecule has 6 nitrogen and oxygen atoms in total. The molecule has 146 valence electrons. The number of carbonyl (C=O) groups excluding carboxylic acids is 1. The van der Waals surface area contributed by atoms with E-state index in [0.717, 1.165) is 37.3 Å². The SMILES string of the molecule is O=C1CC2(CCN(c3cnccn3)CC2)OCCN1CC=Cc1ccccc1. The Labute approximate surface area is 165 Å². The molecule has 3 heterocycles. The molecule has 0 unspecified atom stereocenters. The fourth-order valence-corrected chi connectivity index (χ4v) is 3.93. The molecule has 2 saturated heterocycles. The summed E-state index contributed by atoms with van der Waals surface area (Å²) in [5.74, 6) is 1.08. The van der Waals surface area contributed by atoms with E-state index in [1.807, 2.05) is 23.1 Å². The smallest absolute Gasteiger partial charge is 0.225 e. The summed E-state index contributed by atoms with van der Waals surface area (Å²) in [4.78, 5) is 25.5. The lowest BCUT2D eigenvalue weighted by molar-refractivity contribution is -0.133. The molecule has 2 fully saturated rings. The second kappa shape index (κ2) is 8.52. The van der Waals surface area contributed by atoms with E-state index in [-0.39, 0.29) is 11.5 Å². The minimum absolute atomic E-state index is 0.183. The van der Waals surface area contributed by atoms with Crippen molar-refractivity contribution in [2.75, 3.05) is 37.7 Å². The van der Waals surface area contributed by atoms with Crippen LogP contribution in [0.5, 0.6) is 0 Å². The molecule has 1 aromatic heterocycles. The summed E-state index contributed by atoms with van der Waals surface area (Å²) < 4.78 is 6.23. The lowest BCUT2D eigenvalue weighted by atomic mass is 9.87. The molecule has 0 N–H and O–H groups in total. The Morgan fingerprint density at radius 2 is 1.93 bits per heavy atom. The molecule has 0 saturated carbocycles. The summed E-state index contributed by atoms with van der Waals surface area (Å²) in [5.41, 5.74) is 0.808. The van der Waals surface area contributed by atoms with Gasteiger partial charge in [0.1, 0.15) is 5.82 Å². The van der Waals surface area contributed by atoms with Gasteiger partial charge in [0.2, 0.25) is 5.91 Å². The maximum Gasteiger partial charge on any atom is 0.225 e. The highest BCUT2D eigenvalue weighted by Crippen LogP contribution is 2.33. The Morgan fingerprint density at radius 1 is 1.11 bits per heavy atom. The third kappa shape index (κ3) is 4.39. The van der Waals surface area contributed by atoms with Crippen molar-refractivity contribution in [3.8, 4) is 0 Å². The van der Waals surface area contributed by atoms with Crippen LogP contribution in [0.1, 0.15) is 24.8 Å². The maximum atomic E-state index is 12.9. The number of amides is 1. The summed E-state index contributed by atoms with van der Waals surface area (Å²) in [6, 6.07) is 10.2. The van der Waals surface area contributed by atoms with Gasteiger partial charge in [-0.25, -0.2) is 4.98 Å². The van der Waals surface area contributed by atoms with Crippen LogP contribution in [-0.2, 0) is 9.53 Å². The highest BCUT2D eigenvalue weighted by atomic mass is 16.5. The zero-order valence-electron chi connectivity index (χ0n) is 16.0. The van der Waals surface area contributed by atoms with Crippen molar-refractivity contribution < 1.29 is 9.53 Å². The summed E-state index contributed by atoms with van der Waals surface area (Å²) in [6.45, 7) is 3.53. The normalized spacial score (nSPS) is 19.9. The van der Waals surface area contributed by atoms with E-state index in [0.29, 0.717) is 26.1 Å². The molecular weight excluding hydrogens is 352 g/mol. The third-order valence-electron chi connectivity index (χ3n) is 5.58. The van der Waals surface area contributed by atoms with Crippen LogP contribution in [-0.4, -0.2) is 59.2 Å². The van der Waals surface area contributed by atoms with E-state index in [2.05, 4.69) is 39.2 Å². The Hall–Kier alpha value is -2.73. The van der Waals surface area contributed by atoms with Crippen LogP contribution in [0.3, 0.4) is 0 Å². The largest absolute Gasteiger partial charge is 0.372 e. The van der Waals surface area contributed by atoms with Crippen LogP contribution in [0.25, 0.3) is 6.08 Å². The standard InChI is InChI=1S/C22H26N4O2/c27-21-17-22(8-13-25(14-9-22)20-18-23-10-11-24-20)28-16-15-26(21)12-4-7-19-5-2-1-3-6-19/h1-7,10-11,18H,8-9,12-17H2. The van der Waals surface area contributed by atoms with Crippen molar-refractivity contribution in [1.82, 2.24) is 14.9 Å². The Morgan fingerprint density at radius 3 is 2.68 bits per heavy atom. The number of nitrogens with zero attached hydrogens (tertiary/aromatic N) is 4. The Kier molecular flexibility index (Phi) is 5.67. The summed E-state index contributed by atoms with van der Waals surface area (Å²) >= 11 is 0. The quantitative estimate of drug-likeness (QED) is 0.819. The van der Waals surface area contributed by atoms with Crippen molar-refractivity contribution >= 4 is 17.8 Å². The number of benzene rings is 1. The van der Waals surface area contributed by atoms with Crippen LogP contribution in [0, 0.1) is 0 Å². The number of ether oxygens (including phenoxy) is 1. The molecule has 28 heavy (non-hydrogen) atoms. The van der Waals surface area contributed by atoms with Gasteiger partial charge in [0.15, 0.2) is 0 Å². The van der Waals surface area contributed by atoms with Crippen molar-refractivity contribution in [3.05, 3.63) is 60.6 Å². The van der Waals surface area contributed by atoms with Crippen LogP contribution in [0.15, 0.2) is 55.0 Å². The lowest BCUT2D eigenvalue weighted by Gasteiger charge is -2.40. The molecule has 2 aliphatic heterocycles. The first-order valence-corrected chi connectivity index (χ1v) is 9.88. The summed E-state index contributed by atoms with van der Waals surface area (Å²) in [6.07, 6.45) is 11.4. The van der Waals surface area contributed by atoms with Gasteiger partial charge in [-0.05, 0) is 18.4 Å². The Balaban J connectivity index is 1.34. The van der Waals surface area contributed by atoms with Gasteiger partial charge in [0, 0.05) is 38.6 Å². The first kappa shape index (κ1) is 18.6. The zero-order chi connectivity index (χ0) is 19.2. The predicted octanol–water partition coefficient (Wildman–Crippen LogP) is 2.78. The average molecular weight is 378 g/mol. The molecule has 0 atom stereocenters. The van der Waals surface area contributed by atoms with Crippen molar-refractivity contribution in [2.45, 2.75) is 24.9 Å². The molecule has 4 rings (SSSR count). The molecule has 2 aromatic rings. The maximum absolute atomic E-state index is 12.9. The summed E-state index contributed by atoms with van der Waals surface area (Å²) in [7, 11) is 0. The monoisotopic (exact) mass is 378 g/mol. The number of carbonyl (C=O) groups is 1. The number of rotatable bonds is 4. The highest BCUT2D eigenvalue weighted by Gasteiger charge is 2.40. The molecule has 1 spiro atoms. The van der Waals surface area contributed by atoms with Crippen molar-refractivity contribution in [1.29, 1.82) is 0 Å². The number of aromatic nitrogens is 2. The van der Waals surface area contributed by atoms with Crippen LogP contribution in [0.4, 0.5) is 5.82 Å².